The molecule has 5 heteroatoms. The summed E-state index contributed by atoms with van der Waals surface area (Å²) >= 11 is 1.74. The van der Waals surface area contributed by atoms with Crippen molar-refractivity contribution in [3.8, 4) is 0 Å². The molecule has 0 bridgehead atoms. The van der Waals surface area contributed by atoms with Gasteiger partial charge >= 0.3 is 0 Å². The molecule has 0 aliphatic carbocycles. The zero-order valence-electron chi connectivity index (χ0n) is 10.1. The van der Waals surface area contributed by atoms with Crippen LogP contribution in [0.25, 0.3) is 10.2 Å². The summed E-state index contributed by atoms with van der Waals surface area (Å²) in [6.07, 6.45) is 3.27. The van der Waals surface area contributed by atoms with Gasteiger partial charge in [-0.2, -0.15) is 0 Å². The number of thiazole rings is 1. The molecule has 4 nitrogen and oxygen atoms in total. The summed E-state index contributed by atoms with van der Waals surface area (Å²) in [5.74, 6) is 5.64. The average Bonchev–Trinajstić information content (AvgIpc) is 3.04. The van der Waals surface area contributed by atoms with Gasteiger partial charge in [0.05, 0.1) is 27.4 Å². The van der Waals surface area contributed by atoms with Gasteiger partial charge in [0.25, 0.3) is 0 Å². The van der Waals surface area contributed by atoms with Gasteiger partial charge < -0.3 is 4.74 Å². The van der Waals surface area contributed by atoms with Crippen molar-refractivity contribution in [3.63, 3.8) is 0 Å². The molecule has 2 heterocycles. The number of rotatable bonds is 4. The smallest absolute Gasteiger partial charge is 0.0955 e. The fourth-order valence-corrected chi connectivity index (χ4v) is 3.44. The summed E-state index contributed by atoms with van der Waals surface area (Å²) in [4.78, 5) is 4.64. The van der Waals surface area contributed by atoms with E-state index < -0.39 is 0 Å². The molecule has 18 heavy (non-hydrogen) atoms. The minimum atomic E-state index is 0.160. The van der Waals surface area contributed by atoms with E-state index in [4.69, 9.17) is 10.6 Å². The number of para-hydroxylation sites is 1. The second-order valence-corrected chi connectivity index (χ2v) is 5.72. The van der Waals surface area contributed by atoms with Crippen LogP contribution in [0.15, 0.2) is 24.3 Å². The molecule has 96 valence electrons. The largest absolute Gasteiger partial charge is 0.377 e. The van der Waals surface area contributed by atoms with Gasteiger partial charge in [-0.05, 0) is 25.0 Å². The number of hydrogen-bond acceptors (Lipinski definition) is 5. The van der Waals surface area contributed by atoms with Crippen LogP contribution >= 0.6 is 11.3 Å². The monoisotopic (exact) mass is 263 g/mol. The number of nitrogens with one attached hydrogen (secondary N) is 1. The van der Waals surface area contributed by atoms with E-state index in [1.54, 1.807) is 11.3 Å². The fraction of sp³-hybridized carbons (Fsp3) is 0.462. The lowest BCUT2D eigenvalue weighted by molar-refractivity contribution is 0.0784. The summed E-state index contributed by atoms with van der Waals surface area (Å²) in [5, 5.41) is 1.12. The Kier molecular flexibility index (Phi) is 3.56. The molecule has 1 fully saturated rings. The number of nitrogens with two attached hydrogens (primary N) is 1. The van der Waals surface area contributed by atoms with Crippen LogP contribution in [-0.2, 0) is 11.2 Å². The molecule has 3 rings (SSSR count). The van der Waals surface area contributed by atoms with Gasteiger partial charge in [-0.1, -0.05) is 12.1 Å². The Hall–Kier alpha value is -1.01. The third-order valence-electron chi connectivity index (χ3n) is 3.36. The van der Waals surface area contributed by atoms with E-state index >= 15 is 0 Å². The summed E-state index contributed by atoms with van der Waals surface area (Å²) < 4.78 is 6.92. The van der Waals surface area contributed by atoms with Gasteiger partial charge in [-0.3, -0.25) is 11.3 Å². The lowest BCUT2D eigenvalue weighted by Gasteiger charge is -2.20. The van der Waals surface area contributed by atoms with Gasteiger partial charge in [0, 0.05) is 13.0 Å². The minimum Gasteiger partial charge on any atom is -0.377 e. The standard InChI is InChI=1S/C13H17N3OS/c14-16-10(11-5-3-7-17-11)8-13-15-9-4-1-2-6-12(9)18-13/h1-2,4,6,10-11,16H,3,5,7-8,14H2. The van der Waals surface area contributed by atoms with E-state index in [1.807, 2.05) is 18.2 Å². The Labute approximate surface area is 110 Å². The van der Waals surface area contributed by atoms with Crippen LogP contribution in [-0.4, -0.2) is 23.7 Å². The van der Waals surface area contributed by atoms with Crippen molar-refractivity contribution in [1.29, 1.82) is 0 Å². The molecule has 2 atom stereocenters. The molecule has 1 aromatic carbocycles. The van der Waals surface area contributed by atoms with Crippen LogP contribution in [0, 0.1) is 0 Å². The van der Waals surface area contributed by atoms with E-state index in [9.17, 15) is 0 Å². The zero-order chi connectivity index (χ0) is 12.4. The zero-order valence-corrected chi connectivity index (χ0v) is 11.0. The van der Waals surface area contributed by atoms with Crippen LogP contribution < -0.4 is 11.3 Å². The molecule has 1 saturated heterocycles. The Morgan fingerprint density at radius 3 is 3.11 bits per heavy atom. The first kappa shape index (κ1) is 12.0. The van der Waals surface area contributed by atoms with Crippen molar-refractivity contribution in [2.45, 2.75) is 31.4 Å². The number of aromatic nitrogens is 1. The maximum atomic E-state index is 5.69. The lowest BCUT2D eigenvalue weighted by atomic mass is 10.1. The van der Waals surface area contributed by atoms with E-state index in [-0.39, 0.29) is 12.1 Å². The first-order valence-electron chi connectivity index (χ1n) is 6.29. The molecule has 2 aromatic rings. The third-order valence-corrected chi connectivity index (χ3v) is 4.42. The summed E-state index contributed by atoms with van der Waals surface area (Å²) in [5.41, 5.74) is 3.95. The molecule has 1 aromatic heterocycles. The number of fused-ring (bicyclic) bond motifs is 1. The molecule has 0 saturated carbocycles. The van der Waals surface area contributed by atoms with E-state index in [0.717, 1.165) is 36.4 Å². The van der Waals surface area contributed by atoms with Crippen LogP contribution in [0.2, 0.25) is 0 Å². The molecule has 0 spiro atoms. The first-order chi connectivity index (χ1) is 8.86. The van der Waals surface area contributed by atoms with E-state index in [2.05, 4.69) is 16.5 Å². The molecule has 3 N–H and O–H groups in total. The molecule has 1 aliphatic rings. The topological polar surface area (TPSA) is 60.2 Å². The van der Waals surface area contributed by atoms with Crippen molar-refractivity contribution in [2.24, 2.45) is 5.84 Å². The minimum absolute atomic E-state index is 0.160. The molecule has 2 unspecified atom stereocenters. The second kappa shape index (κ2) is 5.32. The van der Waals surface area contributed by atoms with Gasteiger partial charge in [-0.25, -0.2) is 4.98 Å². The summed E-state index contributed by atoms with van der Waals surface area (Å²) in [7, 11) is 0. The first-order valence-corrected chi connectivity index (χ1v) is 7.10. The Morgan fingerprint density at radius 1 is 1.50 bits per heavy atom. The second-order valence-electron chi connectivity index (χ2n) is 4.60. The Balaban J connectivity index is 1.77. The number of ether oxygens (including phenoxy) is 1. The molecule has 0 amide bonds. The SMILES string of the molecule is NNC(Cc1nc2ccccc2s1)C1CCCO1. The number of nitrogens with zero attached hydrogens (tertiary/aromatic N) is 1. The maximum Gasteiger partial charge on any atom is 0.0955 e. The molecular weight excluding hydrogens is 246 g/mol. The quantitative estimate of drug-likeness (QED) is 0.653. The van der Waals surface area contributed by atoms with Crippen molar-refractivity contribution >= 4 is 21.6 Å². The highest BCUT2D eigenvalue weighted by molar-refractivity contribution is 7.18. The molecule has 1 aliphatic heterocycles. The molecule has 0 radical (unpaired) electrons. The van der Waals surface area contributed by atoms with Gasteiger partial charge in [0.2, 0.25) is 0 Å². The van der Waals surface area contributed by atoms with Crippen LogP contribution in [0.3, 0.4) is 0 Å². The maximum absolute atomic E-state index is 5.69. The van der Waals surface area contributed by atoms with Crippen LogP contribution in [0.1, 0.15) is 17.8 Å². The Bertz CT molecular complexity index is 489. The van der Waals surface area contributed by atoms with Crippen LogP contribution in [0.4, 0.5) is 0 Å². The van der Waals surface area contributed by atoms with Crippen LogP contribution in [0.5, 0.6) is 0 Å². The highest BCUT2D eigenvalue weighted by Gasteiger charge is 2.26. The highest BCUT2D eigenvalue weighted by Crippen LogP contribution is 2.24. The van der Waals surface area contributed by atoms with Crippen molar-refractivity contribution in [2.75, 3.05) is 6.61 Å². The third kappa shape index (κ3) is 2.40. The summed E-state index contributed by atoms with van der Waals surface area (Å²) in [6.45, 7) is 0.850. The fourth-order valence-electron chi connectivity index (χ4n) is 2.41. The number of benzene rings is 1. The van der Waals surface area contributed by atoms with Crippen molar-refractivity contribution in [3.05, 3.63) is 29.3 Å². The predicted molar refractivity (Wildman–Crippen MR) is 73.4 cm³/mol. The molecular formula is C13H17N3OS. The van der Waals surface area contributed by atoms with Crippen molar-refractivity contribution in [1.82, 2.24) is 10.4 Å². The van der Waals surface area contributed by atoms with E-state index in [1.165, 1.54) is 4.70 Å². The average molecular weight is 263 g/mol. The van der Waals surface area contributed by atoms with Gasteiger partial charge in [0.15, 0.2) is 0 Å². The van der Waals surface area contributed by atoms with E-state index in [0.29, 0.717) is 0 Å². The van der Waals surface area contributed by atoms with Crippen molar-refractivity contribution < 1.29 is 4.74 Å². The van der Waals surface area contributed by atoms with Gasteiger partial charge in [-0.15, -0.1) is 11.3 Å². The lowest BCUT2D eigenvalue weighted by Crippen LogP contribution is -2.45. The van der Waals surface area contributed by atoms with Gasteiger partial charge in [0.1, 0.15) is 0 Å². The summed E-state index contributed by atoms with van der Waals surface area (Å²) in [6, 6.07) is 8.38. The number of hydrogen-bond donors (Lipinski definition) is 2. The predicted octanol–water partition coefficient (Wildman–Crippen LogP) is 1.85. The normalized spacial score (nSPS) is 21.5. The Morgan fingerprint density at radius 2 is 2.39 bits per heavy atom. The number of hydrazine groups is 1. The highest BCUT2D eigenvalue weighted by atomic mass is 32.1.